The molecule has 0 heterocycles. The van der Waals surface area contributed by atoms with Gasteiger partial charge in [0.25, 0.3) is 0 Å². The summed E-state index contributed by atoms with van der Waals surface area (Å²) >= 11 is 0. The SMILES string of the molecule is CC(O)(CC(=O)c1ccccc1)C(=O)OCc1ccccc1. The number of benzene rings is 2. The lowest BCUT2D eigenvalue weighted by Crippen LogP contribution is -2.39. The van der Waals surface area contributed by atoms with Crippen molar-refractivity contribution in [2.24, 2.45) is 0 Å². The van der Waals surface area contributed by atoms with E-state index in [2.05, 4.69) is 0 Å². The van der Waals surface area contributed by atoms with E-state index >= 15 is 0 Å². The van der Waals surface area contributed by atoms with Gasteiger partial charge in [-0.05, 0) is 12.5 Å². The van der Waals surface area contributed by atoms with E-state index in [4.69, 9.17) is 4.74 Å². The van der Waals surface area contributed by atoms with Gasteiger partial charge in [-0.3, -0.25) is 4.79 Å². The maximum Gasteiger partial charge on any atom is 0.338 e. The predicted molar refractivity (Wildman–Crippen MR) is 82.3 cm³/mol. The number of ketones is 1. The summed E-state index contributed by atoms with van der Waals surface area (Å²) in [4.78, 5) is 24.1. The van der Waals surface area contributed by atoms with E-state index in [1.807, 2.05) is 30.3 Å². The molecule has 0 amide bonds. The summed E-state index contributed by atoms with van der Waals surface area (Å²) in [6.07, 6.45) is -0.315. The molecule has 2 aromatic rings. The molecule has 0 saturated carbocycles. The zero-order chi connectivity index (χ0) is 16.0. The lowest BCUT2D eigenvalue weighted by Gasteiger charge is -2.20. The molecule has 2 rings (SSSR count). The van der Waals surface area contributed by atoms with Gasteiger partial charge in [-0.15, -0.1) is 0 Å². The van der Waals surface area contributed by atoms with Crippen LogP contribution in [0.5, 0.6) is 0 Å². The van der Waals surface area contributed by atoms with Crippen LogP contribution in [0.3, 0.4) is 0 Å². The molecule has 114 valence electrons. The van der Waals surface area contributed by atoms with Crippen LogP contribution in [-0.2, 0) is 16.1 Å². The smallest absolute Gasteiger partial charge is 0.338 e. The Morgan fingerprint density at radius 3 is 2.14 bits per heavy atom. The van der Waals surface area contributed by atoms with E-state index < -0.39 is 11.6 Å². The third kappa shape index (κ3) is 4.27. The standard InChI is InChI=1S/C18H18O4/c1-18(21,12-16(19)15-10-6-3-7-11-15)17(20)22-13-14-8-4-2-5-9-14/h2-11,21H,12-13H2,1H3. The van der Waals surface area contributed by atoms with Crippen LogP contribution in [0.1, 0.15) is 29.3 Å². The molecule has 0 bridgehead atoms. The molecule has 1 unspecified atom stereocenters. The molecule has 1 atom stereocenters. The normalized spacial score (nSPS) is 13.2. The van der Waals surface area contributed by atoms with Crippen molar-refractivity contribution in [3.63, 3.8) is 0 Å². The third-order valence-corrected chi connectivity index (χ3v) is 3.25. The van der Waals surface area contributed by atoms with Gasteiger partial charge in [-0.2, -0.15) is 0 Å². The number of hydrogen-bond donors (Lipinski definition) is 1. The molecule has 0 aliphatic rings. The van der Waals surface area contributed by atoms with Crippen LogP contribution >= 0.6 is 0 Å². The first kappa shape index (κ1) is 15.9. The molecule has 4 heteroatoms. The summed E-state index contributed by atoms with van der Waals surface area (Å²) in [6, 6.07) is 17.7. The second kappa shape index (κ2) is 7.00. The first-order valence-corrected chi connectivity index (χ1v) is 7.01. The van der Waals surface area contributed by atoms with E-state index in [1.165, 1.54) is 6.92 Å². The van der Waals surface area contributed by atoms with Gasteiger partial charge in [0.05, 0.1) is 6.42 Å². The zero-order valence-corrected chi connectivity index (χ0v) is 12.4. The number of rotatable bonds is 6. The largest absolute Gasteiger partial charge is 0.459 e. The minimum absolute atomic E-state index is 0.0648. The fraction of sp³-hybridized carbons (Fsp3) is 0.222. The molecular weight excluding hydrogens is 280 g/mol. The number of esters is 1. The molecular formula is C18H18O4. The summed E-state index contributed by atoms with van der Waals surface area (Å²) in [5.74, 6) is -1.11. The minimum Gasteiger partial charge on any atom is -0.459 e. The highest BCUT2D eigenvalue weighted by atomic mass is 16.5. The maximum absolute atomic E-state index is 12.1. The fourth-order valence-corrected chi connectivity index (χ4v) is 1.99. The van der Waals surface area contributed by atoms with Crippen molar-refractivity contribution in [3.05, 3.63) is 71.8 Å². The monoisotopic (exact) mass is 298 g/mol. The molecule has 2 aromatic carbocycles. The summed E-state index contributed by atoms with van der Waals surface area (Å²) in [7, 11) is 0. The average Bonchev–Trinajstić information content (AvgIpc) is 2.54. The zero-order valence-electron chi connectivity index (χ0n) is 12.4. The molecule has 22 heavy (non-hydrogen) atoms. The van der Waals surface area contributed by atoms with Crippen LogP contribution in [0, 0.1) is 0 Å². The minimum atomic E-state index is -1.85. The third-order valence-electron chi connectivity index (χ3n) is 3.25. The Labute approximate surface area is 129 Å². The van der Waals surface area contributed by atoms with Gasteiger partial charge in [-0.25, -0.2) is 4.79 Å². The summed E-state index contributed by atoms with van der Waals surface area (Å²) in [5.41, 5.74) is -0.568. The number of hydrogen-bond acceptors (Lipinski definition) is 4. The second-order valence-corrected chi connectivity index (χ2v) is 5.30. The van der Waals surface area contributed by atoms with E-state index in [1.54, 1.807) is 30.3 Å². The van der Waals surface area contributed by atoms with Crippen molar-refractivity contribution in [2.45, 2.75) is 25.6 Å². The Bertz CT molecular complexity index is 633. The Morgan fingerprint density at radius 2 is 1.55 bits per heavy atom. The highest BCUT2D eigenvalue weighted by Crippen LogP contribution is 2.17. The van der Waals surface area contributed by atoms with Gasteiger partial charge in [-0.1, -0.05) is 60.7 Å². The quantitative estimate of drug-likeness (QED) is 0.658. The first-order chi connectivity index (χ1) is 10.5. The highest BCUT2D eigenvalue weighted by Gasteiger charge is 2.35. The van der Waals surface area contributed by atoms with Crippen molar-refractivity contribution < 1.29 is 19.4 Å². The summed E-state index contributed by atoms with van der Waals surface area (Å²) in [6.45, 7) is 1.36. The number of Topliss-reactive ketones (excluding diaryl/α,β-unsaturated/α-hetero) is 1. The fourth-order valence-electron chi connectivity index (χ4n) is 1.99. The van der Waals surface area contributed by atoms with Crippen LogP contribution in [0.2, 0.25) is 0 Å². The molecule has 0 fully saturated rings. The van der Waals surface area contributed by atoms with Crippen molar-refractivity contribution in [3.8, 4) is 0 Å². The van der Waals surface area contributed by atoms with E-state index in [-0.39, 0.29) is 18.8 Å². The van der Waals surface area contributed by atoms with Crippen molar-refractivity contribution in [1.29, 1.82) is 0 Å². The number of ether oxygens (including phenoxy) is 1. The Morgan fingerprint density at radius 1 is 1.00 bits per heavy atom. The lowest BCUT2D eigenvalue weighted by molar-refractivity contribution is -0.164. The Balaban J connectivity index is 1.94. The molecule has 0 saturated heterocycles. The van der Waals surface area contributed by atoms with Crippen molar-refractivity contribution in [1.82, 2.24) is 0 Å². The molecule has 0 aromatic heterocycles. The van der Waals surface area contributed by atoms with Crippen LogP contribution < -0.4 is 0 Å². The maximum atomic E-state index is 12.1. The summed E-state index contributed by atoms with van der Waals surface area (Å²) < 4.78 is 5.09. The van der Waals surface area contributed by atoms with Gasteiger partial charge in [0.15, 0.2) is 11.4 Å². The second-order valence-electron chi connectivity index (χ2n) is 5.30. The molecule has 0 radical (unpaired) electrons. The molecule has 1 N–H and O–H groups in total. The predicted octanol–water partition coefficient (Wildman–Crippen LogP) is 2.75. The average molecular weight is 298 g/mol. The number of aliphatic hydroxyl groups is 1. The highest BCUT2D eigenvalue weighted by molar-refractivity contribution is 5.99. The van der Waals surface area contributed by atoms with Crippen molar-refractivity contribution >= 4 is 11.8 Å². The topological polar surface area (TPSA) is 63.6 Å². The van der Waals surface area contributed by atoms with E-state index in [9.17, 15) is 14.7 Å². The molecule has 0 aliphatic heterocycles. The number of carbonyl (C=O) groups excluding carboxylic acids is 2. The molecule has 0 spiro atoms. The van der Waals surface area contributed by atoms with Crippen LogP contribution in [-0.4, -0.2) is 22.5 Å². The van der Waals surface area contributed by atoms with Gasteiger partial charge in [0.2, 0.25) is 0 Å². The number of carbonyl (C=O) groups is 2. The Hall–Kier alpha value is -2.46. The van der Waals surface area contributed by atoms with Crippen LogP contribution in [0.15, 0.2) is 60.7 Å². The van der Waals surface area contributed by atoms with Crippen molar-refractivity contribution in [2.75, 3.05) is 0 Å². The lowest BCUT2D eigenvalue weighted by atomic mass is 9.96. The Kier molecular flexibility index (Phi) is 5.07. The van der Waals surface area contributed by atoms with Crippen LogP contribution in [0.25, 0.3) is 0 Å². The van der Waals surface area contributed by atoms with Gasteiger partial charge < -0.3 is 9.84 Å². The van der Waals surface area contributed by atoms with Crippen LogP contribution in [0.4, 0.5) is 0 Å². The molecule has 0 aliphatic carbocycles. The first-order valence-electron chi connectivity index (χ1n) is 7.01. The summed E-state index contributed by atoms with van der Waals surface area (Å²) in [5, 5.41) is 10.2. The van der Waals surface area contributed by atoms with E-state index in [0.717, 1.165) is 5.56 Å². The van der Waals surface area contributed by atoms with E-state index in [0.29, 0.717) is 5.56 Å². The van der Waals surface area contributed by atoms with Gasteiger partial charge in [0.1, 0.15) is 6.61 Å². The van der Waals surface area contributed by atoms with Gasteiger partial charge in [0, 0.05) is 5.56 Å². The molecule has 4 nitrogen and oxygen atoms in total. The van der Waals surface area contributed by atoms with Gasteiger partial charge >= 0.3 is 5.97 Å².